The summed E-state index contributed by atoms with van der Waals surface area (Å²) in [7, 11) is 1.55. The fraction of sp³-hybridized carbons (Fsp3) is 0.111. The zero-order valence-corrected chi connectivity index (χ0v) is 13.6. The van der Waals surface area contributed by atoms with Crippen LogP contribution in [-0.4, -0.2) is 28.9 Å². The Morgan fingerprint density at radius 1 is 1.12 bits per heavy atom. The molecular weight excluding hydrogens is 328 g/mol. The molecule has 2 N–H and O–H groups in total. The molecule has 1 atom stereocenters. The standard InChI is InChI=1S/C18H15ClN2O3/c1-21-15(11-7-3-2-4-8-11)16(22)14(18(21)24)17(23)20-13-10-6-5-9-12(13)19/h2-10,15,22H,1H3,(H,20,23). The summed E-state index contributed by atoms with van der Waals surface area (Å²) in [5.41, 5.74) is 0.834. The van der Waals surface area contributed by atoms with Crippen molar-refractivity contribution in [3.05, 3.63) is 76.5 Å². The number of aliphatic hydroxyl groups excluding tert-OH is 1. The highest BCUT2D eigenvalue weighted by molar-refractivity contribution is 6.34. The van der Waals surface area contributed by atoms with E-state index in [2.05, 4.69) is 5.32 Å². The number of aliphatic hydroxyl groups is 1. The van der Waals surface area contributed by atoms with Gasteiger partial charge >= 0.3 is 0 Å². The second-order valence-electron chi connectivity index (χ2n) is 5.42. The number of para-hydroxylation sites is 1. The maximum absolute atomic E-state index is 12.5. The van der Waals surface area contributed by atoms with Gasteiger partial charge in [0.05, 0.1) is 10.7 Å². The quantitative estimate of drug-likeness (QED) is 0.841. The van der Waals surface area contributed by atoms with Gasteiger partial charge in [0, 0.05) is 7.05 Å². The van der Waals surface area contributed by atoms with Crippen LogP contribution in [0.15, 0.2) is 65.9 Å². The van der Waals surface area contributed by atoms with Gasteiger partial charge in [-0.15, -0.1) is 0 Å². The summed E-state index contributed by atoms with van der Waals surface area (Å²) in [5.74, 6) is -1.49. The van der Waals surface area contributed by atoms with Gasteiger partial charge in [-0.05, 0) is 17.7 Å². The first-order valence-electron chi connectivity index (χ1n) is 7.32. The van der Waals surface area contributed by atoms with Crippen molar-refractivity contribution in [1.29, 1.82) is 0 Å². The van der Waals surface area contributed by atoms with E-state index in [9.17, 15) is 14.7 Å². The van der Waals surface area contributed by atoms with Crippen LogP contribution in [0.1, 0.15) is 11.6 Å². The van der Waals surface area contributed by atoms with E-state index < -0.39 is 17.9 Å². The van der Waals surface area contributed by atoms with E-state index >= 15 is 0 Å². The summed E-state index contributed by atoms with van der Waals surface area (Å²) in [6, 6.07) is 15.1. The van der Waals surface area contributed by atoms with Crippen LogP contribution in [0, 0.1) is 0 Å². The minimum atomic E-state index is -0.684. The molecule has 24 heavy (non-hydrogen) atoms. The number of anilines is 1. The predicted octanol–water partition coefficient (Wildman–Crippen LogP) is 3.30. The summed E-state index contributed by atoms with van der Waals surface area (Å²) in [4.78, 5) is 26.2. The molecule has 0 aliphatic carbocycles. The van der Waals surface area contributed by atoms with Crippen LogP contribution < -0.4 is 5.32 Å². The Bertz CT molecular complexity index is 833. The molecule has 2 amide bonds. The van der Waals surface area contributed by atoms with Gasteiger partial charge in [0.2, 0.25) is 0 Å². The van der Waals surface area contributed by atoms with Crippen molar-refractivity contribution in [2.24, 2.45) is 0 Å². The Kier molecular flexibility index (Phi) is 4.27. The molecule has 2 aromatic carbocycles. The van der Waals surface area contributed by atoms with Crippen molar-refractivity contribution in [1.82, 2.24) is 4.90 Å². The molecule has 6 heteroatoms. The smallest absolute Gasteiger partial charge is 0.264 e. The van der Waals surface area contributed by atoms with E-state index in [0.717, 1.165) is 5.56 Å². The van der Waals surface area contributed by atoms with E-state index in [0.29, 0.717) is 10.7 Å². The molecule has 1 heterocycles. The molecule has 0 aromatic heterocycles. The van der Waals surface area contributed by atoms with Gasteiger partial charge in [-0.2, -0.15) is 0 Å². The highest BCUT2D eigenvalue weighted by Crippen LogP contribution is 2.35. The summed E-state index contributed by atoms with van der Waals surface area (Å²) < 4.78 is 0. The molecule has 2 aromatic rings. The van der Waals surface area contributed by atoms with Crippen molar-refractivity contribution in [3.63, 3.8) is 0 Å². The molecular formula is C18H15ClN2O3. The van der Waals surface area contributed by atoms with Crippen LogP contribution in [-0.2, 0) is 9.59 Å². The van der Waals surface area contributed by atoms with Crippen LogP contribution in [0.5, 0.6) is 0 Å². The van der Waals surface area contributed by atoms with Gasteiger partial charge < -0.3 is 15.3 Å². The normalized spacial score (nSPS) is 17.3. The minimum absolute atomic E-state index is 0.266. The molecule has 1 aliphatic heterocycles. The number of carbonyl (C=O) groups excluding carboxylic acids is 2. The number of likely N-dealkylation sites (N-methyl/N-ethyl adjacent to an activating group) is 1. The third-order valence-corrected chi connectivity index (χ3v) is 4.23. The fourth-order valence-electron chi connectivity index (χ4n) is 2.70. The number of rotatable bonds is 3. The summed E-state index contributed by atoms with van der Waals surface area (Å²) in [6.45, 7) is 0. The van der Waals surface area contributed by atoms with Crippen LogP contribution in [0.25, 0.3) is 0 Å². The lowest BCUT2D eigenvalue weighted by atomic mass is 10.0. The first-order chi connectivity index (χ1) is 11.5. The molecule has 0 spiro atoms. The van der Waals surface area contributed by atoms with Crippen molar-refractivity contribution in [2.75, 3.05) is 12.4 Å². The van der Waals surface area contributed by atoms with Gasteiger partial charge in [0.15, 0.2) is 0 Å². The zero-order chi connectivity index (χ0) is 17.3. The molecule has 0 saturated carbocycles. The first kappa shape index (κ1) is 16.1. The summed E-state index contributed by atoms with van der Waals surface area (Å²) in [6.07, 6.45) is 0. The average molecular weight is 343 g/mol. The average Bonchev–Trinajstić information content (AvgIpc) is 2.80. The topological polar surface area (TPSA) is 69.6 Å². The van der Waals surface area contributed by atoms with Crippen molar-refractivity contribution >= 4 is 29.1 Å². The predicted molar refractivity (Wildman–Crippen MR) is 91.7 cm³/mol. The van der Waals surface area contributed by atoms with Crippen LogP contribution >= 0.6 is 11.6 Å². The Hall–Kier alpha value is -2.79. The number of benzene rings is 2. The van der Waals surface area contributed by atoms with E-state index in [1.54, 1.807) is 43.4 Å². The second kappa shape index (κ2) is 6.37. The number of nitrogens with one attached hydrogen (secondary N) is 1. The van der Waals surface area contributed by atoms with Gasteiger partial charge in [-0.3, -0.25) is 9.59 Å². The van der Waals surface area contributed by atoms with Gasteiger partial charge in [-0.25, -0.2) is 0 Å². The third-order valence-electron chi connectivity index (χ3n) is 3.90. The number of nitrogens with zero attached hydrogens (tertiary/aromatic N) is 1. The molecule has 1 unspecified atom stereocenters. The zero-order valence-electron chi connectivity index (χ0n) is 12.9. The molecule has 0 saturated heterocycles. The molecule has 0 fully saturated rings. The SMILES string of the molecule is CN1C(=O)C(C(=O)Nc2ccccc2Cl)=C(O)C1c1ccccc1. The molecule has 1 aliphatic rings. The molecule has 0 bridgehead atoms. The summed E-state index contributed by atoms with van der Waals surface area (Å²) in [5, 5.41) is 13.4. The van der Waals surface area contributed by atoms with E-state index in [1.165, 1.54) is 4.90 Å². The third kappa shape index (κ3) is 2.74. The Balaban J connectivity index is 1.94. The van der Waals surface area contributed by atoms with Crippen molar-refractivity contribution < 1.29 is 14.7 Å². The van der Waals surface area contributed by atoms with E-state index in [1.807, 2.05) is 18.2 Å². The highest BCUT2D eigenvalue weighted by atomic mass is 35.5. The van der Waals surface area contributed by atoms with Crippen LogP contribution in [0.3, 0.4) is 0 Å². The number of halogens is 1. The largest absolute Gasteiger partial charge is 0.509 e. The van der Waals surface area contributed by atoms with Gasteiger partial charge in [0.25, 0.3) is 11.8 Å². The maximum atomic E-state index is 12.5. The van der Waals surface area contributed by atoms with Crippen LogP contribution in [0.4, 0.5) is 5.69 Å². The number of hydrogen-bond donors (Lipinski definition) is 2. The maximum Gasteiger partial charge on any atom is 0.264 e. The molecule has 5 nitrogen and oxygen atoms in total. The van der Waals surface area contributed by atoms with Gasteiger partial charge in [-0.1, -0.05) is 54.1 Å². The number of carbonyl (C=O) groups is 2. The van der Waals surface area contributed by atoms with Crippen molar-refractivity contribution in [2.45, 2.75) is 6.04 Å². The lowest BCUT2D eigenvalue weighted by molar-refractivity contribution is -0.127. The number of amides is 2. The van der Waals surface area contributed by atoms with E-state index in [4.69, 9.17) is 11.6 Å². The fourth-order valence-corrected chi connectivity index (χ4v) is 2.88. The molecule has 0 radical (unpaired) electrons. The lowest BCUT2D eigenvalue weighted by Crippen LogP contribution is -2.28. The molecule has 122 valence electrons. The first-order valence-corrected chi connectivity index (χ1v) is 7.69. The van der Waals surface area contributed by atoms with Crippen molar-refractivity contribution in [3.8, 4) is 0 Å². The number of hydrogen-bond acceptors (Lipinski definition) is 3. The lowest BCUT2D eigenvalue weighted by Gasteiger charge is -2.20. The molecule has 3 rings (SSSR count). The minimum Gasteiger partial charge on any atom is -0.509 e. The summed E-state index contributed by atoms with van der Waals surface area (Å²) >= 11 is 6.01. The van der Waals surface area contributed by atoms with Gasteiger partial charge in [0.1, 0.15) is 17.4 Å². The Labute approximate surface area is 144 Å². The van der Waals surface area contributed by atoms with Crippen LogP contribution in [0.2, 0.25) is 5.02 Å². The highest BCUT2D eigenvalue weighted by Gasteiger charge is 2.41. The van der Waals surface area contributed by atoms with E-state index in [-0.39, 0.29) is 11.3 Å². The Morgan fingerprint density at radius 3 is 2.42 bits per heavy atom. The second-order valence-corrected chi connectivity index (χ2v) is 5.83. The Morgan fingerprint density at radius 2 is 1.75 bits per heavy atom. The monoisotopic (exact) mass is 342 g/mol.